The van der Waals surface area contributed by atoms with Gasteiger partial charge in [0.15, 0.2) is 5.70 Å². The molecule has 36 heavy (non-hydrogen) atoms. The van der Waals surface area contributed by atoms with Crippen LogP contribution in [0.25, 0.3) is 0 Å². The Kier molecular flexibility index (Phi) is 7.61. The number of methoxy groups -OCH3 is 2. The number of carbonyl (C=O) groups excluding carboxylic acids is 3. The monoisotopic (exact) mass is 491 g/mol. The summed E-state index contributed by atoms with van der Waals surface area (Å²) in [7, 11) is 2.43. The van der Waals surface area contributed by atoms with E-state index >= 15 is 0 Å². The first kappa shape index (κ1) is 25.3. The topological polar surface area (TPSA) is 118 Å². The van der Waals surface area contributed by atoms with E-state index in [-0.39, 0.29) is 43.3 Å². The lowest BCUT2D eigenvalue weighted by Gasteiger charge is -2.50. The first-order chi connectivity index (χ1) is 17.5. The van der Waals surface area contributed by atoms with E-state index in [2.05, 4.69) is 10.3 Å². The predicted octanol–water partition coefficient (Wildman–Crippen LogP) is 1.71. The second-order valence-corrected chi connectivity index (χ2v) is 8.59. The maximum Gasteiger partial charge on any atom is 0.357 e. The van der Waals surface area contributed by atoms with Crippen molar-refractivity contribution in [3.63, 3.8) is 0 Å². The quantitative estimate of drug-likeness (QED) is 0.540. The average Bonchev–Trinajstić information content (AvgIpc) is 2.93. The van der Waals surface area contributed by atoms with Crippen molar-refractivity contribution in [1.82, 2.24) is 10.2 Å². The molecule has 0 aromatic heterocycles. The van der Waals surface area contributed by atoms with Crippen LogP contribution in [0.3, 0.4) is 0 Å². The number of amidine groups is 1. The number of esters is 2. The minimum Gasteiger partial charge on any atom is -0.466 e. The molecule has 2 heterocycles. The van der Waals surface area contributed by atoms with Crippen LogP contribution in [-0.2, 0) is 35.8 Å². The summed E-state index contributed by atoms with van der Waals surface area (Å²) in [5, 5.41) is 12.9. The largest absolute Gasteiger partial charge is 0.466 e. The Bertz CT molecular complexity index is 1190. The normalized spacial score (nSPS) is 21.5. The second-order valence-electron chi connectivity index (χ2n) is 8.59. The third kappa shape index (κ3) is 4.43. The molecule has 0 radical (unpaired) electrons. The maximum absolute atomic E-state index is 13.3. The van der Waals surface area contributed by atoms with Gasteiger partial charge in [0, 0.05) is 13.0 Å². The van der Waals surface area contributed by atoms with Crippen molar-refractivity contribution in [2.45, 2.75) is 30.8 Å². The molecule has 2 N–H and O–H groups in total. The average molecular weight is 492 g/mol. The van der Waals surface area contributed by atoms with Crippen LogP contribution in [0.1, 0.15) is 24.0 Å². The zero-order valence-electron chi connectivity index (χ0n) is 20.3. The van der Waals surface area contributed by atoms with Crippen LogP contribution in [0.5, 0.6) is 0 Å². The number of amides is 1. The van der Waals surface area contributed by atoms with Gasteiger partial charge in [0.1, 0.15) is 5.84 Å². The number of hydrogen-bond donors (Lipinski definition) is 2. The molecule has 0 bridgehead atoms. The summed E-state index contributed by atoms with van der Waals surface area (Å²) in [6.45, 7) is 0.165. The third-order valence-corrected chi connectivity index (χ3v) is 6.66. The van der Waals surface area contributed by atoms with Crippen LogP contribution < -0.4 is 5.32 Å². The van der Waals surface area contributed by atoms with Gasteiger partial charge in [-0.05, 0) is 17.5 Å². The smallest absolute Gasteiger partial charge is 0.357 e. The lowest BCUT2D eigenvalue weighted by atomic mass is 9.63. The molecule has 0 spiro atoms. The van der Waals surface area contributed by atoms with E-state index in [1.807, 2.05) is 60.7 Å². The van der Waals surface area contributed by atoms with Crippen molar-refractivity contribution >= 4 is 23.7 Å². The maximum atomic E-state index is 13.3. The number of aliphatic hydroxyl groups is 1. The van der Waals surface area contributed by atoms with Gasteiger partial charge in [-0.3, -0.25) is 9.69 Å². The standard InChI is InChI=1S/C27H29N3O6/c1-35-24(33)21-22(25(34)36-2)29-26-27(23(21)28-15-16-31,19-11-7-4-8-12-19)14-13-20(32)30(26)17-18-9-5-3-6-10-18/h3-12,23,28,31H,13-17H2,1-2H3/t23?,27-/m0/s1. The number of carbonyl (C=O) groups is 3. The predicted molar refractivity (Wildman–Crippen MR) is 132 cm³/mol. The van der Waals surface area contributed by atoms with E-state index in [0.29, 0.717) is 12.3 Å². The summed E-state index contributed by atoms with van der Waals surface area (Å²) in [6.07, 6.45) is 0.526. The van der Waals surface area contributed by atoms with Gasteiger partial charge in [0.2, 0.25) is 5.91 Å². The van der Waals surface area contributed by atoms with Crippen LogP contribution in [0.15, 0.2) is 76.9 Å². The Morgan fingerprint density at radius 3 is 2.31 bits per heavy atom. The lowest BCUT2D eigenvalue weighted by molar-refractivity contribution is -0.140. The molecule has 0 saturated carbocycles. The summed E-state index contributed by atoms with van der Waals surface area (Å²) in [5.41, 5.74) is 0.475. The third-order valence-electron chi connectivity index (χ3n) is 6.66. The first-order valence-electron chi connectivity index (χ1n) is 11.7. The van der Waals surface area contributed by atoms with Crippen LogP contribution in [0.2, 0.25) is 0 Å². The highest BCUT2D eigenvalue weighted by Crippen LogP contribution is 2.46. The van der Waals surface area contributed by atoms with Crippen molar-refractivity contribution < 1.29 is 29.0 Å². The number of ether oxygens (including phenoxy) is 2. The molecule has 0 aliphatic carbocycles. The Balaban J connectivity index is 2.02. The molecular formula is C27H29N3O6. The van der Waals surface area contributed by atoms with Crippen molar-refractivity contribution in [1.29, 1.82) is 0 Å². The van der Waals surface area contributed by atoms with Crippen LogP contribution in [0.4, 0.5) is 0 Å². The molecule has 2 aliphatic heterocycles. The molecule has 9 heteroatoms. The van der Waals surface area contributed by atoms with Gasteiger partial charge in [-0.25, -0.2) is 14.6 Å². The highest BCUT2D eigenvalue weighted by molar-refractivity contribution is 6.13. The van der Waals surface area contributed by atoms with Crippen molar-refractivity contribution in [2.75, 3.05) is 27.4 Å². The van der Waals surface area contributed by atoms with E-state index in [0.717, 1.165) is 11.1 Å². The van der Waals surface area contributed by atoms with E-state index in [1.165, 1.54) is 14.2 Å². The van der Waals surface area contributed by atoms with Gasteiger partial charge in [-0.2, -0.15) is 0 Å². The Morgan fingerprint density at radius 2 is 1.69 bits per heavy atom. The molecule has 1 saturated heterocycles. The zero-order valence-corrected chi connectivity index (χ0v) is 20.3. The number of benzene rings is 2. The van der Waals surface area contributed by atoms with Gasteiger partial charge in [0.05, 0.1) is 44.4 Å². The number of hydrogen-bond acceptors (Lipinski definition) is 8. The van der Waals surface area contributed by atoms with Gasteiger partial charge in [-0.1, -0.05) is 60.7 Å². The first-order valence-corrected chi connectivity index (χ1v) is 11.7. The fourth-order valence-electron chi connectivity index (χ4n) is 5.06. The number of aliphatic hydroxyl groups excluding tert-OH is 1. The van der Waals surface area contributed by atoms with E-state index in [9.17, 15) is 19.5 Å². The summed E-state index contributed by atoms with van der Waals surface area (Å²) in [5.74, 6) is -1.36. The number of nitrogens with one attached hydrogen (secondary N) is 1. The molecule has 2 atom stereocenters. The molecule has 1 unspecified atom stereocenters. The highest BCUT2D eigenvalue weighted by atomic mass is 16.5. The number of aliphatic imine (C=N–C) groups is 1. The van der Waals surface area contributed by atoms with Gasteiger partial charge >= 0.3 is 11.9 Å². The summed E-state index contributed by atoms with van der Waals surface area (Å²) in [4.78, 5) is 45.6. The molecule has 188 valence electrons. The van der Waals surface area contributed by atoms with Crippen molar-refractivity contribution in [3.8, 4) is 0 Å². The molecule has 4 rings (SSSR count). The fourth-order valence-corrected chi connectivity index (χ4v) is 5.06. The number of likely N-dealkylation sites (tertiary alicyclic amines) is 1. The minimum atomic E-state index is -1.000. The Labute approximate surface area is 209 Å². The molecule has 2 aliphatic rings. The van der Waals surface area contributed by atoms with Crippen molar-refractivity contribution in [3.05, 3.63) is 83.1 Å². The van der Waals surface area contributed by atoms with Crippen molar-refractivity contribution in [2.24, 2.45) is 4.99 Å². The summed E-state index contributed by atoms with van der Waals surface area (Å²) >= 11 is 0. The van der Waals surface area contributed by atoms with E-state index < -0.39 is 23.4 Å². The van der Waals surface area contributed by atoms with Gasteiger partial charge < -0.3 is 19.9 Å². The molecule has 2 aromatic carbocycles. The summed E-state index contributed by atoms with van der Waals surface area (Å²) in [6, 6.07) is 18.1. The number of fused-ring (bicyclic) bond motifs is 1. The second kappa shape index (κ2) is 10.8. The fraction of sp³-hybridized carbons (Fsp3) is 0.333. The Morgan fingerprint density at radius 1 is 1.06 bits per heavy atom. The molecule has 1 amide bonds. The van der Waals surface area contributed by atoms with E-state index in [4.69, 9.17) is 9.47 Å². The van der Waals surface area contributed by atoms with Crippen LogP contribution in [0, 0.1) is 0 Å². The van der Waals surface area contributed by atoms with Crippen LogP contribution >= 0.6 is 0 Å². The molecule has 1 fully saturated rings. The number of rotatable bonds is 8. The molecule has 2 aromatic rings. The highest BCUT2D eigenvalue weighted by Gasteiger charge is 2.57. The van der Waals surface area contributed by atoms with E-state index in [1.54, 1.807) is 4.90 Å². The molecular weight excluding hydrogens is 462 g/mol. The minimum absolute atomic E-state index is 0.000543. The SMILES string of the molecule is COC(=O)C1=C(C(=O)OC)C(NCCO)[C@@]2(c3ccccc3)CCC(=O)N(Cc3ccccc3)C2=N1. The zero-order chi connectivity index (χ0) is 25.7. The Hall–Kier alpha value is -3.82. The molecule has 9 nitrogen and oxygen atoms in total. The lowest BCUT2D eigenvalue weighted by Crippen LogP contribution is -2.65. The number of piperidine rings is 1. The van der Waals surface area contributed by atoms with Gasteiger partial charge in [-0.15, -0.1) is 0 Å². The summed E-state index contributed by atoms with van der Waals surface area (Å²) < 4.78 is 10.0. The van der Waals surface area contributed by atoms with Crippen LogP contribution in [-0.4, -0.2) is 67.1 Å². The number of nitrogens with zero attached hydrogens (tertiary/aromatic N) is 2. The van der Waals surface area contributed by atoms with Gasteiger partial charge in [0.25, 0.3) is 0 Å².